The lowest BCUT2D eigenvalue weighted by Crippen LogP contribution is -2.53. The Morgan fingerprint density at radius 2 is 1.82 bits per heavy atom. The van der Waals surface area contributed by atoms with Crippen LogP contribution in [0.1, 0.15) is 22.8 Å². The molecule has 2 aromatic heterocycles. The number of piperazine rings is 1. The van der Waals surface area contributed by atoms with Gasteiger partial charge in [-0.2, -0.15) is 0 Å². The molecule has 204 valence electrons. The first kappa shape index (κ1) is 27.2. The van der Waals surface area contributed by atoms with Crippen molar-refractivity contribution in [3.63, 3.8) is 0 Å². The molecule has 3 heterocycles. The molecule has 0 bridgehead atoms. The van der Waals surface area contributed by atoms with Crippen LogP contribution in [0.15, 0.2) is 71.9 Å². The minimum absolute atomic E-state index is 0.161. The Balaban J connectivity index is 1.65. The van der Waals surface area contributed by atoms with E-state index in [9.17, 15) is 14.4 Å². The molecular weight excluding hydrogens is 555 g/mol. The Morgan fingerprint density at radius 3 is 2.50 bits per heavy atom. The van der Waals surface area contributed by atoms with Gasteiger partial charge in [0.15, 0.2) is 0 Å². The molecule has 2 aromatic carbocycles. The highest BCUT2D eigenvalue weighted by molar-refractivity contribution is 6.39. The van der Waals surface area contributed by atoms with Crippen LogP contribution in [0.4, 0.5) is 5.88 Å². The van der Waals surface area contributed by atoms with E-state index in [0.29, 0.717) is 51.7 Å². The zero-order chi connectivity index (χ0) is 28.6. The largest absolute Gasteiger partial charge is 0.478 e. The summed E-state index contributed by atoms with van der Waals surface area (Å²) >= 11 is 13.1. The summed E-state index contributed by atoms with van der Waals surface area (Å²) in [6.45, 7) is 6.68. The molecular formula is C29H24Cl2N4O5. The number of hydrogen-bond acceptors (Lipinski definition) is 6. The van der Waals surface area contributed by atoms with E-state index in [4.69, 9.17) is 32.8 Å². The fraction of sp³-hybridized carbons (Fsp3) is 0.172. The lowest BCUT2D eigenvalue weighted by atomic mass is 10.0. The number of benzene rings is 2. The number of carboxylic acid groups (broad SMARTS) is 1. The highest BCUT2D eigenvalue weighted by Gasteiger charge is 2.35. The van der Waals surface area contributed by atoms with Crippen molar-refractivity contribution in [1.29, 1.82) is 0 Å². The van der Waals surface area contributed by atoms with E-state index in [2.05, 4.69) is 11.7 Å². The third kappa shape index (κ3) is 4.89. The number of carbonyl (C=O) groups excluding carboxylic acids is 2. The van der Waals surface area contributed by atoms with Crippen LogP contribution in [0, 0.1) is 0 Å². The van der Waals surface area contributed by atoms with Gasteiger partial charge >= 0.3 is 5.97 Å². The van der Waals surface area contributed by atoms with Crippen LogP contribution in [0.25, 0.3) is 28.2 Å². The number of halogens is 2. The Hall–Kier alpha value is -4.34. The van der Waals surface area contributed by atoms with Crippen LogP contribution < -0.4 is 4.90 Å². The van der Waals surface area contributed by atoms with Gasteiger partial charge < -0.3 is 19.4 Å². The molecule has 0 unspecified atom stereocenters. The maximum Gasteiger partial charge on any atom is 0.328 e. The van der Waals surface area contributed by atoms with E-state index < -0.39 is 11.9 Å². The van der Waals surface area contributed by atoms with E-state index in [-0.39, 0.29) is 29.1 Å². The lowest BCUT2D eigenvalue weighted by molar-refractivity contribution is -0.131. The topological polar surface area (TPSA) is 109 Å². The van der Waals surface area contributed by atoms with Crippen molar-refractivity contribution in [2.45, 2.75) is 13.0 Å². The van der Waals surface area contributed by atoms with Gasteiger partial charge in [-0.1, -0.05) is 53.1 Å². The van der Waals surface area contributed by atoms with Crippen molar-refractivity contribution in [3.8, 4) is 11.3 Å². The average Bonchev–Trinajstić information content (AvgIpc) is 3.56. The molecule has 0 spiro atoms. The third-order valence-corrected chi connectivity index (χ3v) is 7.48. The molecule has 1 fully saturated rings. The quantitative estimate of drug-likeness (QED) is 0.296. The molecule has 5 rings (SSSR count). The smallest absolute Gasteiger partial charge is 0.328 e. The molecule has 1 N–H and O–H groups in total. The molecule has 1 atom stereocenters. The molecule has 11 heteroatoms. The van der Waals surface area contributed by atoms with Gasteiger partial charge in [0.25, 0.3) is 5.91 Å². The molecule has 1 aliphatic heterocycles. The van der Waals surface area contributed by atoms with Gasteiger partial charge in [-0.05, 0) is 48.9 Å². The number of aliphatic carboxylic acids is 1. The monoisotopic (exact) mass is 578 g/mol. The summed E-state index contributed by atoms with van der Waals surface area (Å²) in [5.74, 6) is -1.45. The van der Waals surface area contributed by atoms with E-state index in [1.54, 1.807) is 53.6 Å². The first-order valence-electron chi connectivity index (χ1n) is 12.4. The third-order valence-electron chi connectivity index (χ3n) is 6.85. The number of hydrogen-bond donors (Lipinski definition) is 1. The fourth-order valence-corrected chi connectivity index (χ4v) is 5.53. The van der Waals surface area contributed by atoms with Crippen LogP contribution >= 0.6 is 23.2 Å². The molecule has 4 aromatic rings. The van der Waals surface area contributed by atoms with Crippen molar-refractivity contribution in [2.75, 3.05) is 24.5 Å². The highest BCUT2D eigenvalue weighted by atomic mass is 35.5. The summed E-state index contributed by atoms with van der Waals surface area (Å²) in [6.07, 6.45) is 5.41. The molecule has 1 aliphatic rings. The van der Waals surface area contributed by atoms with Crippen LogP contribution in [0.2, 0.25) is 10.0 Å². The Morgan fingerprint density at radius 1 is 1.10 bits per heavy atom. The number of fused-ring (bicyclic) bond motifs is 1. The van der Waals surface area contributed by atoms with Crippen LogP contribution in [0.3, 0.4) is 0 Å². The number of amides is 1. The fourth-order valence-electron chi connectivity index (χ4n) is 4.95. The maximum absolute atomic E-state index is 14.3. The maximum atomic E-state index is 14.3. The van der Waals surface area contributed by atoms with Gasteiger partial charge in [0.05, 0.1) is 15.6 Å². The summed E-state index contributed by atoms with van der Waals surface area (Å²) in [7, 11) is 0. The summed E-state index contributed by atoms with van der Waals surface area (Å²) in [5, 5.41) is 14.6. The van der Waals surface area contributed by atoms with Gasteiger partial charge in [-0.15, -0.1) is 0 Å². The highest BCUT2D eigenvalue weighted by Crippen LogP contribution is 2.41. The number of carboxylic acids is 1. The molecule has 0 aliphatic carbocycles. The molecule has 0 radical (unpaired) electrons. The van der Waals surface area contributed by atoms with Crippen LogP contribution in [-0.4, -0.2) is 63.2 Å². The zero-order valence-electron chi connectivity index (χ0n) is 21.4. The molecule has 1 amide bonds. The number of aromatic nitrogens is 2. The Kier molecular flexibility index (Phi) is 7.51. The molecule has 9 nitrogen and oxygen atoms in total. The van der Waals surface area contributed by atoms with Crippen molar-refractivity contribution < 1.29 is 24.0 Å². The molecule has 0 saturated carbocycles. The molecule has 40 heavy (non-hydrogen) atoms. The minimum Gasteiger partial charge on any atom is -0.478 e. The Bertz CT molecular complexity index is 1670. The minimum atomic E-state index is -1.08. The lowest BCUT2D eigenvalue weighted by Gasteiger charge is -2.39. The van der Waals surface area contributed by atoms with Crippen LogP contribution in [0.5, 0.6) is 0 Å². The van der Waals surface area contributed by atoms with Crippen molar-refractivity contribution in [3.05, 3.63) is 88.6 Å². The number of anilines is 1. The number of rotatable bonds is 6. The zero-order valence-corrected chi connectivity index (χ0v) is 22.9. The van der Waals surface area contributed by atoms with E-state index in [0.717, 1.165) is 6.08 Å². The summed E-state index contributed by atoms with van der Waals surface area (Å²) in [4.78, 5) is 41.2. The standard InChI is InChI=1S/C29H24Cl2N4O5/c1-3-23(36)33-14-15-34(17(2)16-33)29-26(27(32-40-29)25-20(30)7-5-8-21(25)31)28(39)35-13-12-19-18(10-11-24(37)38)6-4-9-22(19)35/h3-13,17H,1,14-16H2,2H3,(H,37,38)/b11-10+/t17-/m1/s1. The second-order valence-electron chi connectivity index (χ2n) is 9.28. The van der Waals surface area contributed by atoms with Gasteiger partial charge in [-0.25, -0.2) is 4.79 Å². The van der Waals surface area contributed by atoms with Crippen molar-refractivity contribution in [1.82, 2.24) is 14.6 Å². The van der Waals surface area contributed by atoms with Crippen molar-refractivity contribution >= 4 is 63.8 Å². The average molecular weight is 579 g/mol. The predicted molar refractivity (Wildman–Crippen MR) is 154 cm³/mol. The number of carbonyl (C=O) groups is 3. The van der Waals surface area contributed by atoms with Gasteiger partial charge in [0.2, 0.25) is 11.8 Å². The van der Waals surface area contributed by atoms with Crippen LogP contribution in [-0.2, 0) is 9.59 Å². The van der Waals surface area contributed by atoms with E-state index in [1.165, 1.54) is 16.7 Å². The predicted octanol–water partition coefficient (Wildman–Crippen LogP) is 5.61. The number of nitrogens with zero attached hydrogens (tertiary/aromatic N) is 4. The SMILES string of the molecule is C=CC(=O)N1CCN(c2onc(-c3c(Cl)cccc3Cl)c2C(=O)n2ccc3c(/C=C/C(=O)O)cccc32)[C@H](C)C1. The van der Waals surface area contributed by atoms with Gasteiger partial charge in [0, 0.05) is 48.9 Å². The first-order valence-corrected chi connectivity index (χ1v) is 13.1. The van der Waals surface area contributed by atoms with Crippen molar-refractivity contribution in [2.24, 2.45) is 0 Å². The summed E-state index contributed by atoms with van der Waals surface area (Å²) in [5.41, 5.74) is 1.92. The summed E-state index contributed by atoms with van der Waals surface area (Å²) < 4.78 is 7.29. The second kappa shape index (κ2) is 11.0. The summed E-state index contributed by atoms with van der Waals surface area (Å²) in [6, 6.07) is 11.8. The van der Waals surface area contributed by atoms with Gasteiger partial charge in [-0.3, -0.25) is 14.2 Å². The normalized spacial score (nSPS) is 15.6. The molecule has 1 saturated heterocycles. The first-order chi connectivity index (χ1) is 19.2. The Labute approximate surface area is 239 Å². The van der Waals surface area contributed by atoms with E-state index in [1.807, 2.05) is 11.8 Å². The second-order valence-corrected chi connectivity index (χ2v) is 10.1. The van der Waals surface area contributed by atoms with E-state index >= 15 is 0 Å². The van der Waals surface area contributed by atoms with Gasteiger partial charge in [0.1, 0.15) is 11.3 Å².